The molecule has 0 aromatic carbocycles. The first-order valence-electron chi connectivity index (χ1n) is 6.21. The second-order valence-corrected chi connectivity index (χ2v) is 6.40. The minimum atomic E-state index is -0.450. The Morgan fingerprint density at radius 2 is 2.06 bits per heavy atom. The third-order valence-corrected chi connectivity index (χ3v) is 4.04. The molecule has 0 saturated carbocycles. The van der Waals surface area contributed by atoms with Crippen LogP contribution in [-0.4, -0.2) is 16.6 Å². The number of hydrogen-bond acceptors (Lipinski definition) is 3. The highest BCUT2D eigenvalue weighted by atomic mass is 79.9. The Balaban J connectivity index is 3.23. The fourth-order valence-corrected chi connectivity index (χ4v) is 2.33. The van der Waals surface area contributed by atoms with Gasteiger partial charge in [-0.05, 0) is 49.0 Å². The minimum absolute atomic E-state index is 0.450. The predicted octanol–water partition coefficient (Wildman–Crippen LogP) is 4.37. The van der Waals surface area contributed by atoms with Gasteiger partial charge in [-0.2, -0.15) is 0 Å². The van der Waals surface area contributed by atoms with Crippen molar-refractivity contribution in [3.63, 3.8) is 0 Å². The number of hydrogen-bond donors (Lipinski definition) is 1. The first kappa shape index (κ1) is 15.8. The van der Waals surface area contributed by atoms with E-state index < -0.39 is 5.60 Å². The summed E-state index contributed by atoms with van der Waals surface area (Å²) in [6.07, 6.45) is 0.932. The molecule has 0 aliphatic rings. The molecule has 0 spiro atoms. The van der Waals surface area contributed by atoms with Crippen molar-refractivity contribution in [2.45, 2.75) is 46.6 Å². The zero-order chi connectivity index (χ0) is 13.9. The normalized spacial score (nSPS) is 12.2. The summed E-state index contributed by atoms with van der Waals surface area (Å²) in [7, 11) is 0. The first-order chi connectivity index (χ1) is 8.27. The van der Waals surface area contributed by atoms with E-state index in [4.69, 9.17) is 17.0 Å². The number of aromatic nitrogens is 2. The van der Waals surface area contributed by atoms with Gasteiger partial charge < -0.3 is 9.72 Å². The van der Waals surface area contributed by atoms with Gasteiger partial charge in [0.15, 0.2) is 0 Å². The number of H-pyrrole nitrogens is 1. The zero-order valence-electron chi connectivity index (χ0n) is 11.6. The van der Waals surface area contributed by atoms with Crippen molar-refractivity contribution in [3.8, 4) is 0 Å². The van der Waals surface area contributed by atoms with Crippen LogP contribution in [0.2, 0.25) is 0 Å². The van der Waals surface area contributed by atoms with Crippen LogP contribution in [-0.2, 0) is 16.8 Å². The molecular formula is C13H21BrN2OS. The Bertz CT molecular complexity index is 469. The Labute approximate surface area is 122 Å². The average Bonchev–Trinajstić information content (AvgIpc) is 2.23. The highest BCUT2D eigenvalue weighted by molar-refractivity contribution is 9.10. The first-order valence-corrected chi connectivity index (χ1v) is 7.41. The summed E-state index contributed by atoms with van der Waals surface area (Å²) in [5.41, 5.74) is 0.641. The molecule has 102 valence electrons. The van der Waals surface area contributed by atoms with Gasteiger partial charge in [0.25, 0.3) is 0 Å². The van der Waals surface area contributed by atoms with Crippen LogP contribution in [0.3, 0.4) is 0 Å². The van der Waals surface area contributed by atoms with Gasteiger partial charge in [0.1, 0.15) is 16.1 Å². The number of nitrogens with zero attached hydrogens (tertiary/aromatic N) is 1. The second-order valence-electron chi connectivity index (χ2n) is 5.22. The van der Waals surface area contributed by atoms with Gasteiger partial charge in [0, 0.05) is 12.3 Å². The maximum atomic E-state index is 5.71. The van der Waals surface area contributed by atoms with E-state index in [-0.39, 0.29) is 0 Å². The summed E-state index contributed by atoms with van der Waals surface area (Å²) < 4.78 is 7.20. The van der Waals surface area contributed by atoms with Crippen molar-refractivity contribution < 1.29 is 4.74 Å². The number of halogens is 1. The summed E-state index contributed by atoms with van der Waals surface area (Å²) in [6, 6.07) is 0. The number of aromatic amines is 1. The van der Waals surface area contributed by atoms with E-state index in [1.165, 1.54) is 0 Å². The molecule has 3 nitrogen and oxygen atoms in total. The lowest BCUT2D eigenvalue weighted by Gasteiger charge is -2.24. The molecule has 0 aliphatic carbocycles. The summed E-state index contributed by atoms with van der Waals surface area (Å²) in [5, 5.41) is 0. The van der Waals surface area contributed by atoms with Gasteiger partial charge in [-0.25, -0.2) is 4.98 Å². The van der Waals surface area contributed by atoms with E-state index in [1.54, 1.807) is 0 Å². The van der Waals surface area contributed by atoms with Gasteiger partial charge in [-0.15, -0.1) is 0 Å². The largest absolute Gasteiger partial charge is 0.368 e. The van der Waals surface area contributed by atoms with E-state index in [2.05, 4.69) is 39.7 Å². The molecule has 1 aromatic heterocycles. The fourth-order valence-electron chi connectivity index (χ4n) is 1.77. The van der Waals surface area contributed by atoms with Crippen LogP contribution in [0.25, 0.3) is 0 Å². The molecule has 1 N–H and O–H groups in total. The molecule has 5 heteroatoms. The molecule has 0 saturated heterocycles. The summed E-state index contributed by atoms with van der Waals surface area (Å²) in [6.45, 7) is 11.0. The summed E-state index contributed by atoms with van der Waals surface area (Å²) in [4.78, 5) is 7.78. The molecule has 0 aliphatic heterocycles. The number of nitrogens with one attached hydrogen (secondary N) is 1. The number of rotatable bonds is 5. The molecule has 0 bridgehead atoms. The average molecular weight is 333 g/mol. The molecule has 1 aromatic rings. The SMILES string of the molecule is CCOC(C)(C)c1nc(=S)c(Br)c(CC(C)C)[nH]1. The van der Waals surface area contributed by atoms with E-state index in [0.29, 0.717) is 17.2 Å². The molecule has 0 atom stereocenters. The lowest BCUT2D eigenvalue weighted by Crippen LogP contribution is -2.25. The molecule has 18 heavy (non-hydrogen) atoms. The predicted molar refractivity (Wildman–Crippen MR) is 80.3 cm³/mol. The smallest absolute Gasteiger partial charge is 0.144 e. The lowest BCUT2D eigenvalue weighted by atomic mass is 10.1. The van der Waals surface area contributed by atoms with Crippen LogP contribution in [0.4, 0.5) is 0 Å². The van der Waals surface area contributed by atoms with Crippen LogP contribution < -0.4 is 0 Å². The highest BCUT2D eigenvalue weighted by Gasteiger charge is 2.24. The van der Waals surface area contributed by atoms with Crippen molar-refractivity contribution in [1.29, 1.82) is 0 Å². The molecule has 0 radical (unpaired) electrons. The van der Waals surface area contributed by atoms with Crippen LogP contribution in [0, 0.1) is 10.6 Å². The zero-order valence-corrected chi connectivity index (χ0v) is 14.0. The molecule has 0 fully saturated rings. The van der Waals surface area contributed by atoms with E-state index in [0.717, 1.165) is 22.4 Å². The molecule has 1 heterocycles. The Morgan fingerprint density at radius 3 is 2.56 bits per heavy atom. The van der Waals surface area contributed by atoms with Crippen LogP contribution in [0.15, 0.2) is 4.47 Å². The number of ether oxygens (including phenoxy) is 1. The van der Waals surface area contributed by atoms with E-state index >= 15 is 0 Å². The van der Waals surface area contributed by atoms with Crippen LogP contribution >= 0.6 is 28.1 Å². The van der Waals surface area contributed by atoms with Gasteiger partial charge in [0.2, 0.25) is 0 Å². The third kappa shape index (κ3) is 3.87. The van der Waals surface area contributed by atoms with Crippen LogP contribution in [0.1, 0.15) is 46.1 Å². The molecule has 0 unspecified atom stereocenters. The standard InChI is InChI=1S/C13H21BrN2OS/c1-6-17-13(4,5)12-15-9(7-8(2)3)10(14)11(18)16-12/h8H,6-7H2,1-5H3,(H,15,16,18). The van der Waals surface area contributed by atoms with Crippen molar-refractivity contribution in [1.82, 2.24) is 9.97 Å². The summed E-state index contributed by atoms with van der Waals surface area (Å²) >= 11 is 8.81. The maximum Gasteiger partial charge on any atom is 0.144 e. The topological polar surface area (TPSA) is 37.9 Å². The van der Waals surface area contributed by atoms with Gasteiger partial charge in [0.05, 0.1) is 4.47 Å². The quantitative estimate of drug-likeness (QED) is 0.813. The molecular weight excluding hydrogens is 312 g/mol. The lowest BCUT2D eigenvalue weighted by molar-refractivity contribution is -0.0211. The van der Waals surface area contributed by atoms with E-state index in [1.807, 2.05) is 20.8 Å². The van der Waals surface area contributed by atoms with Crippen molar-refractivity contribution in [2.24, 2.45) is 5.92 Å². The second kappa shape index (κ2) is 6.26. The van der Waals surface area contributed by atoms with Crippen molar-refractivity contribution >= 4 is 28.1 Å². The van der Waals surface area contributed by atoms with Crippen LogP contribution in [0.5, 0.6) is 0 Å². The van der Waals surface area contributed by atoms with Gasteiger partial charge >= 0.3 is 0 Å². The summed E-state index contributed by atoms with van der Waals surface area (Å²) in [5.74, 6) is 1.34. The maximum absolute atomic E-state index is 5.71. The van der Waals surface area contributed by atoms with Crippen molar-refractivity contribution in [2.75, 3.05) is 6.61 Å². The van der Waals surface area contributed by atoms with Crippen molar-refractivity contribution in [3.05, 3.63) is 20.6 Å². The highest BCUT2D eigenvalue weighted by Crippen LogP contribution is 2.25. The third-order valence-electron chi connectivity index (χ3n) is 2.62. The monoisotopic (exact) mass is 332 g/mol. The fraction of sp³-hybridized carbons (Fsp3) is 0.692. The molecule has 1 rings (SSSR count). The Morgan fingerprint density at radius 1 is 1.44 bits per heavy atom. The van der Waals surface area contributed by atoms with Gasteiger partial charge in [-0.1, -0.05) is 26.1 Å². The minimum Gasteiger partial charge on any atom is -0.368 e. The molecule has 0 amide bonds. The Kier molecular flexibility index (Phi) is 5.49. The van der Waals surface area contributed by atoms with E-state index in [9.17, 15) is 0 Å². The van der Waals surface area contributed by atoms with Gasteiger partial charge in [-0.3, -0.25) is 0 Å². The Hall–Kier alpha value is -0.260.